The van der Waals surface area contributed by atoms with Crippen molar-refractivity contribution in [3.8, 4) is 5.75 Å². The number of ether oxygens (including phenoxy) is 1. The van der Waals surface area contributed by atoms with Crippen LogP contribution in [-0.2, 0) is 16.3 Å². The lowest BCUT2D eigenvalue weighted by Crippen LogP contribution is -2.39. The monoisotopic (exact) mass is 355 g/mol. The number of hydrogen-bond donors (Lipinski definition) is 1. The van der Waals surface area contributed by atoms with E-state index >= 15 is 0 Å². The lowest BCUT2D eigenvalue weighted by molar-refractivity contribution is -0.305. The van der Waals surface area contributed by atoms with Gasteiger partial charge in [0, 0.05) is 6.54 Å². The Hall–Kier alpha value is -2.57. The molecule has 1 saturated heterocycles. The van der Waals surface area contributed by atoms with Gasteiger partial charge < -0.3 is 15.0 Å². The summed E-state index contributed by atoms with van der Waals surface area (Å²) in [4.78, 5) is 17.0. The fraction of sp³-hybridized carbons (Fsp3) is 0.350. The summed E-state index contributed by atoms with van der Waals surface area (Å²) in [5.41, 5.74) is 3.26. The third-order valence-corrected chi connectivity index (χ3v) is 3.92. The first-order valence-corrected chi connectivity index (χ1v) is 8.85. The van der Waals surface area contributed by atoms with Gasteiger partial charge in [0.25, 0.3) is 0 Å². The van der Waals surface area contributed by atoms with E-state index in [0.717, 1.165) is 17.9 Å². The minimum Gasteiger partial charge on any atom is -0.494 e. The summed E-state index contributed by atoms with van der Waals surface area (Å²) >= 11 is 0. The van der Waals surface area contributed by atoms with Crippen molar-refractivity contribution >= 4 is 11.6 Å². The van der Waals surface area contributed by atoms with Gasteiger partial charge in [0.1, 0.15) is 5.75 Å². The molecule has 6 nitrogen and oxygen atoms in total. The van der Waals surface area contributed by atoms with Crippen LogP contribution >= 0.6 is 0 Å². The van der Waals surface area contributed by atoms with Crippen molar-refractivity contribution in [3.05, 3.63) is 59.7 Å². The second-order valence-corrected chi connectivity index (χ2v) is 6.15. The van der Waals surface area contributed by atoms with Crippen molar-refractivity contribution in [2.24, 2.45) is 4.99 Å². The second kappa shape index (κ2) is 9.22. The molecule has 2 aromatic rings. The lowest BCUT2D eigenvalue weighted by Gasteiger charge is -2.22. The maximum absolute atomic E-state index is 5.62. The average Bonchev–Trinajstić information content (AvgIpc) is 2.88. The Morgan fingerprint density at radius 1 is 1.08 bits per heavy atom. The van der Waals surface area contributed by atoms with Crippen molar-refractivity contribution in [2.75, 3.05) is 20.1 Å². The molecule has 0 amide bonds. The molecule has 1 heterocycles. The van der Waals surface area contributed by atoms with Gasteiger partial charge in [-0.1, -0.05) is 36.8 Å². The Labute approximate surface area is 154 Å². The molecule has 0 radical (unpaired) electrons. The summed E-state index contributed by atoms with van der Waals surface area (Å²) in [5.74, 6) is 1.57. The summed E-state index contributed by atoms with van der Waals surface area (Å²) < 4.78 is 5.62. The fourth-order valence-corrected chi connectivity index (χ4v) is 2.51. The molecule has 0 atom stereocenters. The third-order valence-electron chi connectivity index (χ3n) is 3.92. The van der Waals surface area contributed by atoms with Gasteiger partial charge in [0.2, 0.25) is 5.96 Å². The maximum atomic E-state index is 5.62. The highest BCUT2D eigenvalue weighted by atomic mass is 17.2. The lowest BCUT2D eigenvalue weighted by atomic mass is 10.1. The number of nitrogens with one attached hydrogen (secondary N) is 1. The number of benzene rings is 2. The van der Waals surface area contributed by atoms with Gasteiger partial charge in [-0.05, 0) is 43.2 Å². The summed E-state index contributed by atoms with van der Waals surface area (Å²) in [7, 11) is 0. The number of rotatable bonds is 6. The van der Waals surface area contributed by atoms with E-state index in [9.17, 15) is 0 Å². The van der Waals surface area contributed by atoms with E-state index in [2.05, 4.69) is 43.4 Å². The highest BCUT2D eigenvalue weighted by Gasteiger charge is 2.16. The molecule has 3 rings (SSSR count). The van der Waals surface area contributed by atoms with Gasteiger partial charge in [0.15, 0.2) is 13.5 Å². The standard InChI is InChI=1S/C20H25N3O3/c1-3-12-24-19-10-8-18(9-11-19)22-20-21-14-25-26-15-23(20)13-17-6-4-16(2)5-7-17/h4-11H,3,12-15H2,1-2H3,(H,21,22). The first kappa shape index (κ1) is 18.2. The van der Waals surface area contributed by atoms with Crippen LogP contribution in [0.2, 0.25) is 0 Å². The van der Waals surface area contributed by atoms with E-state index in [1.807, 2.05) is 29.2 Å². The van der Waals surface area contributed by atoms with E-state index in [0.29, 0.717) is 25.8 Å². The van der Waals surface area contributed by atoms with Crippen molar-refractivity contribution in [1.29, 1.82) is 0 Å². The minimum absolute atomic E-state index is 0.251. The van der Waals surface area contributed by atoms with Crippen LogP contribution in [0.15, 0.2) is 53.5 Å². The van der Waals surface area contributed by atoms with Crippen molar-refractivity contribution in [1.82, 2.24) is 10.2 Å². The predicted molar refractivity (Wildman–Crippen MR) is 101 cm³/mol. The van der Waals surface area contributed by atoms with Gasteiger partial charge in [-0.15, -0.1) is 0 Å². The summed E-state index contributed by atoms with van der Waals surface area (Å²) in [5, 5.41) is 3.16. The van der Waals surface area contributed by atoms with E-state index < -0.39 is 0 Å². The van der Waals surface area contributed by atoms with Crippen LogP contribution < -0.4 is 10.1 Å². The van der Waals surface area contributed by atoms with Crippen LogP contribution in [0.3, 0.4) is 0 Å². The molecule has 6 heteroatoms. The molecule has 1 aliphatic rings. The van der Waals surface area contributed by atoms with E-state index in [1.165, 1.54) is 11.1 Å². The quantitative estimate of drug-likeness (QED) is 0.800. The van der Waals surface area contributed by atoms with Crippen LogP contribution in [0, 0.1) is 6.92 Å². The fourth-order valence-electron chi connectivity index (χ4n) is 2.51. The smallest absolute Gasteiger partial charge is 0.203 e. The SMILES string of the molecule is CCCOc1ccc(/N=C2\NCOOCN2Cc2ccc(C)cc2)cc1. The Balaban J connectivity index is 1.74. The second-order valence-electron chi connectivity index (χ2n) is 6.15. The first-order valence-electron chi connectivity index (χ1n) is 8.85. The average molecular weight is 355 g/mol. The van der Waals surface area contributed by atoms with Crippen LogP contribution in [-0.4, -0.2) is 30.9 Å². The summed E-state index contributed by atoms with van der Waals surface area (Å²) in [6.07, 6.45) is 0.988. The zero-order valence-electron chi connectivity index (χ0n) is 15.3. The molecule has 26 heavy (non-hydrogen) atoms. The van der Waals surface area contributed by atoms with Crippen LogP contribution in [0.5, 0.6) is 5.75 Å². The Kier molecular flexibility index (Phi) is 6.46. The Bertz CT molecular complexity index is 714. The number of aliphatic imine (C=N–C) groups is 1. The van der Waals surface area contributed by atoms with E-state index in [1.54, 1.807) is 0 Å². The number of guanidine groups is 1. The molecule has 0 bridgehead atoms. The van der Waals surface area contributed by atoms with Crippen LogP contribution in [0.25, 0.3) is 0 Å². The molecule has 0 spiro atoms. The maximum Gasteiger partial charge on any atom is 0.203 e. The summed E-state index contributed by atoms with van der Waals surface area (Å²) in [6.45, 7) is 6.11. The van der Waals surface area contributed by atoms with Gasteiger partial charge in [-0.25, -0.2) is 14.8 Å². The molecule has 0 aromatic heterocycles. The zero-order chi connectivity index (χ0) is 18.2. The number of aryl methyl sites for hydroxylation is 1. The van der Waals surface area contributed by atoms with E-state index in [-0.39, 0.29) is 6.73 Å². The van der Waals surface area contributed by atoms with Gasteiger partial charge >= 0.3 is 0 Å². The van der Waals surface area contributed by atoms with Crippen molar-refractivity contribution in [3.63, 3.8) is 0 Å². The highest BCUT2D eigenvalue weighted by Crippen LogP contribution is 2.19. The van der Waals surface area contributed by atoms with Crippen molar-refractivity contribution in [2.45, 2.75) is 26.8 Å². The molecular formula is C20H25N3O3. The zero-order valence-corrected chi connectivity index (χ0v) is 15.3. The predicted octanol–water partition coefficient (Wildman–Crippen LogP) is 3.74. The van der Waals surface area contributed by atoms with Crippen molar-refractivity contribution < 1.29 is 14.5 Å². The molecule has 1 N–H and O–H groups in total. The Morgan fingerprint density at radius 3 is 2.58 bits per heavy atom. The molecule has 138 valence electrons. The first-order chi connectivity index (χ1) is 12.7. The molecule has 0 aliphatic carbocycles. The van der Waals surface area contributed by atoms with Gasteiger partial charge in [-0.3, -0.25) is 0 Å². The molecule has 2 aromatic carbocycles. The van der Waals surface area contributed by atoms with Crippen LogP contribution in [0.4, 0.5) is 5.69 Å². The largest absolute Gasteiger partial charge is 0.494 e. The highest BCUT2D eigenvalue weighted by molar-refractivity contribution is 5.82. The minimum atomic E-state index is 0.251. The number of hydrogen-bond acceptors (Lipinski definition) is 4. The Morgan fingerprint density at radius 2 is 1.85 bits per heavy atom. The van der Waals surface area contributed by atoms with Crippen LogP contribution in [0.1, 0.15) is 24.5 Å². The number of nitrogens with zero attached hydrogens (tertiary/aromatic N) is 2. The topological polar surface area (TPSA) is 55.3 Å². The molecule has 0 unspecified atom stereocenters. The third kappa shape index (κ3) is 5.21. The molecular weight excluding hydrogens is 330 g/mol. The summed E-state index contributed by atoms with van der Waals surface area (Å²) in [6, 6.07) is 16.2. The normalized spacial score (nSPS) is 16.2. The molecule has 1 aliphatic heterocycles. The van der Waals surface area contributed by atoms with E-state index in [4.69, 9.17) is 19.5 Å². The van der Waals surface area contributed by atoms with Gasteiger partial charge in [0.05, 0.1) is 12.3 Å². The molecule has 0 saturated carbocycles. The molecule has 1 fully saturated rings. The van der Waals surface area contributed by atoms with Gasteiger partial charge in [-0.2, -0.15) is 0 Å².